The molecule has 1 aromatic rings. The van der Waals surface area contributed by atoms with Crippen LogP contribution in [0.2, 0.25) is 0 Å². The average molecular weight is 280 g/mol. The van der Waals surface area contributed by atoms with Crippen molar-refractivity contribution < 1.29 is 40.9 Å². The van der Waals surface area contributed by atoms with Gasteiger partial charge in [-0.25, -0.2) is 9.36 Å². The molecule has 0 aliphatic carbocycles. The molecule has 0 aliphatic rings. The lowest BCUT2D eigenvalue weighted by molar-refractivity contribution is -0.671. The molecule has 5 nitrogen and oxygen atoms in total. The first kappa shape index (κ1) is 16.1. The van der Waals surface area contributed by atoms with E-state index in [2.05, 4.69) is 9.47 Å². The van der Waals surface area contributed by atoms with E-state index in [4.69, 9.17) is 5.11 Å². The van der Waals surface area contributed by atoms with E-state index in [-0.39, 0.29) is 17.0 Å². The molecule has 0 amide bonds. The zero-order valence-corrected chi connectivity index (χ0v) is 10.4. The van der Waals surface area contributed by atoms with Gasteiger partial charge in [0.25, 0.3) is 0 Å². The highest BCUT2D eigenvalue weighted by Crippen LogP contribution is 1.98. The molecule has 0 saturated heterocycles. The Morgan fingerprint density at radius 3 is 2.13 bits per heavy atom. The van der Waals surface area contributed by atoms with Crippen LogP contribution in [0.1, 0.15) is 0 Å². The Hall–Kier alpha value is -1.30. The minimum absolute atomic E-state index is 0. The number of halogens is 1. The van der Waals surface area contributed by atoms with Crippen molar-refractivity contribution in [2.45, 2.75) is 0 Å². The van der Waals surface area contributed by atoms with Gasteiger partial charge in [-0.1, -0.05) is 0 Å². The predicted octanol–water partition coefficient (Wildman–Crippen LogP) is -2.38. The molecule has 1 aromatic heterocycles. The van der Waals surface area contributed by atoms with E-state index >= 15 is 0 Å². The van der Waals surface area contributed by atoms with E-state index in [1.807, 2.05) is 13.2 Å². The maximum atomic E-state index is 9.74. The zero-order valence-electron chi connectivity index (χ0n) is 8.81. The number of methoxy groups -OCH3 is 2. The molecule has 15 heavy (non-hydrogen) atoms. The van der Waals surface area contributed by atoms with E-state index in [1.54, 1.807) is 22.9 Å². The lowest BCUT2D eigenvalue weighted by Gasteiger charge is -1.89. The molecule has 0 spiro atoms. The quantitative estimate of drug-likeness (QED) is 0.426. The summed E-state index contributed by atoms with van der Waals surface area (Å²) in [5, 5.41) is 8.79. The lowest BCUT2D eigenvalue weighted by Crippen LogP contribution is -3.00. The number of carbonyl (C=O) groups excluding carboxylic acids is 1. The maximum Gasteiger partial charge on any atom is 0.507 e. The number of rotatable bonds is 0. The second-order valence-electron chi connectivity index (χ2n) is 2.39. The number of hydrogen-bond donors (Lipinski definition) is 1. The Kier molecular flexibility index (Phi) is 9.97. The van der Waals surface area contributed by atoms with Crippen LogP contribution in [0.15, 0.2) is 24.5 Å². The highest BCUT2D eigenvalue weighted by molar-refractivity contribution is 5.59. The largest absolute Gasteiger partial charge is 1.00 e. The second-order valence-corrected chi connectivity index (χ2v) is 2.39. The minimum Gasteiger partial charge on any atom is -1.00 e. The van der Waals surface area contributed by atoms with Crippen LogP contribution >= 0.6 is 0 Å². The van der Waals surface area contributed by atoms with Crippen molar-refractivity contribution >= 4 is 6.16 Å². The van der Waals surface area contributed by atoms with Gasteiger partial charge >= 0.3 is 6.16 Å². The van der Waals surface area contributed by atoms with Crippen LogP contribution < -0.4 is 21.5 Å². The SMILES string of the molecule is COC(=O)OC.C[n+]1cccc(O)c1.[Br-]. The number of hydrogen-bond acceptors (Lipinski definition) is 4. The summed E-state index contributed by atoms with van der Waals surface area (Å²) in [5.41, 5.74) is 0. The molecule has 0 radical (unpaired) electrons. The summed E-state index contributed by atoms with van der Waals surface area (Å²) >= 11 is 0. The van der Waals surface area contributed by atoms with Gasteiger partial charge in [0.2, 0.25) is 6.20 Å². The van der Waals surface area contributed by atoms with Crippen LogP contribution in [-0.2, 0) is 16.5 Å². The molecule has 86 valence electrons. The summed E-state index contributed by atoms with van der Waals surface area (Å²) in [5.74, 6) is 0.301. The summed E-state index contributed by atoms with van der Waals surface area (Å²) in [6.45, 7) is 0. The molecule has 0 fully saturated rings. The molecule has 0 bridgehead atoms. The van der Waals surface area contributed by atoms with Gasteiger partial charge in [-0.2, -0.15) is 0 Å². The fraction of sp³-hybridized carbons (Fsp3) is 0.333. The van der Waals surface area contributed by atoms with E-state index in [9.17, 15) is 4.79 Å². The van der Waals surface area contributed by atoms with Crippen molar-refractivity contribution in [2.75, 3.05) is 14.2 Å². The molecule has 1 rings (SSSR count). The number of ether oxygens (including phenoxy) is 2. The van der Waals surface area contributed by atoms with E-state index < -0.39 is 6.16 Å². The predicted molar refractivity (Wildman–Crippen MR) is 48.7 cm³/mol. The van der Waals surface area contributed by atoms with Crippen molar-refractivity contribution in [3.8, 4) is 5.75 Å². The smallest absolute Gasteiger partial charge is 0.507 e. The third-order valence-electron chi connectivity index (χ3n) is 1.26. The first-order chi connectivity index (χ1) is 6.60. The molecule has 1 N–H and O–H groups in total. The average Bonchev–Trinajstić information content (AvgIpc) is 2.17. The molecule has 0 aromatic carbocycles. The van der Waals surface area contributed by atoms with Crippen molar-refractivity contribution in [1.29, 1.82) is 0 Å². The van der Waals surface area contributed by atoms with Crippen molar-refractivity contribution in [3.63, 3.8) is 0 Å². The van der Waals surface area contributed by atoms with Crippen molar-refractivity contribution in [2.24, 2.45) is 7.05 Å². The van der Waals surface area contributed by atoms with Gasteiger partial charge in [-0.3, -0.25) is 0 Å². The topological polar surface area (TPSA) is 59.6 Å². The van der Waals surface area contributed by atoms with Gasteiger partial charge in [0.15, 0.2) is 11.9 Å². The van der Waals surface area contributed by atoms with Crippen LogP contribution in [0.3, 0.4) is 0 Å². The Morgan fingerprint density at radius 2 is 1.93 bits per heavy atom. The summed E-state index contributed by atoms with van der Waals surface area (Å²) in [7, 11) is 4.37. The van der Waals surface area contributed by atoms with E-state index in [1.165, 1.54) is 14.2 Å². The van der Waals surface area contributed by atoms with Gasteiger partial charge in [-0.15, -0.1) is 0 Å². The Bertz CT molecular complexity index is 270. The number of nitrogens with zero attached hydrogens (tertiary/aromatic N) is 1. The van der Waals surface area contributed by atoms with Gasteiger partial charge in [0.05, 0.1) is 14.2 Å². The van der Waals surface area contributed by atoms with E-state index in [0.29, 0.717) is 5.75 Å². The Morgan fingerprint density at radius 1 is 1.40 bits per heavy atom. The molecular weight excluding hydrogens is 266 g/mol. The lowest BCUT2D eigenvalue weighted by atomic mass is 10.5. The summed E-state index contributed by atoms with van der Waals surface area (Å²) < 4.78 is 9.86. The highest BCUT2D eigenvalue weighted by atomic mass is 79.9. The highest BCUT2D eigenvalue weighted by Gasteiger charge is 1.90. The second kappa shape index (κ2) is 9.26. The van der Waals surface area contributed by atoms with Gasteiger partial charge in [0.1, 0.15) is 7.05 Å². The number of pyridine rings is 1. The molecule has 1 heterocycles. The summed E-state index contributed by atoms with van der Waals surface area (Å²) in [4.78, 5) is 9.74. The third kappa shape index (κ3) is 9.01. The molecule has 0 saturated carbocycles. The van der Waals surface area contributed by atoms with Crippen LogP contribution in [-0.4, -0.2) is 25.5 Å². The van der Waals surface area contributed by atoms with Gasteiger partial charge < -0.3 is 31.6 Å². The fourth-order valence-corrected chi connectivity index (χ4v) is 0.655. The third-order valence-corrected chi connectivity index (χ3v) is 1.26. The van der Waals surface area contributed by atoms with Crippen molar-refractivity contribution in [3.05, 3.63) is 24.5 Å². The number of aromatic nitrogens is 1. The Labute approximate surface area is 99.0 Å². The standard InChI is InChI=1S/C6H7NO.C3H6O3.BrH/c1-7-4-2-3-6(8)5-7;1-5-3(4)6-2;/h2-5H,1H3;1-2H3;1H. The number of aryl methyl sites for hydroxylation is 1. The molecule has 0 aliphatic heterocycles. The maximum absolute atomic E-state index is 9.74. The molecular formula is C9H14BrNO4. The number of aromatic hydroxyl groups is 1. The fourth-order valence-electron chi connectivity index (χ4n) is 0.655. The zero-order chi connectivity index (χ0) is 11.0. The van der Waals surface area contributed by atoms with Crippen molar-refractivity contribution in [1.82, 2.24) is 0 Å². The first-order valence-electron chi connectivity index (χ1n) is 3.86. The molecule has 6 heteroatoms. The normalized spacial score (nSPS) is 7.67. The summed E-state index contributed by atoms with van der Waals surface area (Å²) in [6.07, 6.45) is 2.84. The molecule has 0 atom stereocenters. The molecule has 0 unspecified atom stereocenters. The summed E-state index contributed by atoms with van der Waals surface area (Å²) in [6, 6.07) is 3.43. The minimum atomic E-state index is -0.657. The first-order valence-corrected chi connectivity index (χ1v) is 3.86. The van der Waals surface area contributed by atoms with Crippen LogP contribution in [0.4, 0.5) is 4.79 Å². The van der Waals surface area contributed by atoms with Gasteiger partial charge in [-0.05, 0) is 6.07 Å². The van der Waals surface area contributed by atoms with Crippen LogP contribution in [0.5, 0.6) is 5.75 Å². The number of carbonyl (C=O) groups is 1. The monoisotopic (exact) mass is 279 g/mol. The Balaban J connectivity index is 0. The van der Waals surface area contributed by atoms with Crippen LogP contribution in [0, 0.1) is 0 Å². The van der Waals surface area contributed by atoms with E-state index in [0.717, 1.165) is 0 Å². The van der Waals surface area contributed by atoms with Gasteiger partial charge in [0, 0.05) is 6.07 Å². The van der Waals surface area contributed by atoms with Crippen LogP contribution in [0.25, 0.3) is 0 Å².